The van der Waals surface area contributed by atoms with Gasteiger partial charge in [-0.05, 0) is 142 Å². The van der Waals surface area contributed by atoms with Crippen molar-refractivity contribution in [3.63, 3.8) is 0 Å². The van der Waals surface area contributed by atoms with Crippen LogP contribution in [0, 0.1) is 52.3 Å². The normalized spacial score (nSPS) is 33.0. The first-order valence-corrected chi connectivity index (χ1v) is 21.3. The SMILES string of the molecule is CCCCCC=CCC=CCCCCCCCC(=O)OC1CCC2(C)C(CC=C3C2CCC2(C)C3CCC2C(C)CCC(C)C(C)C)C1. The van der Waals surface area contributed by atoms with Gasteiger partial charge in [0, 0.05) is 6.42 Å². The maximum Gasteiger partial charge on any atom is 0.306 e. The van der Waals surface area contributed by atoms with Gasteiger partial charge < -0.3 is 4.74 Å². The van der Waals surface area contributed by atoms with Gasteiger partial charge in [-0.25, -0.2) is 0 Å². The molecule has 0 spiro atoms. The first-order valence-electron chi connectivity index (χ1n) is 21.3. The number of unbranched alkanes of at least 4 members (excludes halogenated alkanes) is 8. The minimum Gasteiger partial charge on any atom is -0.462 e. The highest BCUT2D eigenvalue weighted by atomic mass is 16.5. The average Bonchev–Trinajstić information content (AvgIpc) is 3.42. The van der Waals surface area contributed by atoms with E-state index in [0.29, 0.717) is 23.2 Å². The molecule has 0 aromatic rings. The van der Waals surface area contributed by atoms with Crippen LogP contribution < -0.4 is 0 Å². The van der Waals surface area contributed by atoms with Crippen molar-refractivity contribution in [2.45, 2.75) is 196 Å². The third-order valence-corrected chi connectivity index (χ3v) is 14.6. The highest BCUT2D eigenvalue weighted by Gasteiger charge is 2.58. The number of rotatable bonds is 20. The predicted molar refractivity (Wildman–Crippen MR) is 207 cm³/mol. The molecule has 3 saturated carbocycles. The molecule has 0 heterocycles. The molecule has 0 aromatic carbocycles. The first kappa shape index (κ1) is 39.5. The van der Waals surface area contributed by atoms with Crippen LogP contribution in [0.15, 0.2) is 36.0 Å². The van der Waals surface area contributed by atoms with Crippen molar-refractivity contribution in [1.82, 2.24) is 0 Å². The van der Waals surface area contributed by atoms with Crippen molar-refractivity contribution in [2.75, 3.05) is 0 Å². The van der Waals surface area contributed by atoms with Crippen molar-refractivity contribution < 1.29 is 9.53 Å². The Morgan fingerprint density at radius 2 is 1.48 bits per heavy atom. The molecule has 0 amide bonds. The average molecular weight is 663 g/mol. The van der Waals surface area contributed by atoms with Gasteiger partial charge in [0.05, 0.1) is 0 Å². The number of esters is 1. The monoisotopic (exact) mass is 663 g/mol. The summed E-state index contributed by atoms with van der Waals surface area (Å²) in [6.07, 6.45) is 39.2. The summed E-state index contributed by atoms with van der Waals surface area (Å²) in [6, 6.07) is 0. The van der Waals surface area contributed by atoms with Crippen LogP contribution in [0.2, 0.25) is 0 Å². The molecule has 0 saturated heterocycles. The Morgan fingerprint density at radius 3 is 2.21 bits per heavy atom. The van der Waals surface area contributed by atoms with Crippen LogP contribution in [0.5, 0.6) is 0 Å². The summed E-state index contributed by atoms with van der Waals surface area (Å²) in [5, 5.41) is 0. The number of hydrogen-bond acceptors (Lipinski definition) is 2. The van der Waals surface area contributed by atoms with E-state index in [1.807, 2.05) is 5.57 Å². The Kier molecular flexibility index (Phi) is 15.9. The van der Waals surface area contributed by atoms with Crippen LogP contribution in [-0.2, 0) is 9.53 Å². The van der Waals surface area contributed by atoms with E-state index in [2.05, 4.69) is 78.8 Å². The van der Waals surface area contributed by atoms with E-state index in [4.69, 9.17) is 4.74 Å². The Hall–Kier alpha value is -1.31. The minimum atomic E-state index is 0.0589. The van der Waals surface area contributed by atoms with Crippen molar-refractivity contribution >= 4 is 5.97 Å². The Morgan fingerprint density at radius 1 is 0.812 bits per heavy atom. The zero-order valence-corrected chi connectivity index (χ0v) is 32.9. The van der Waals surface area contributed by atoms with Gasteiger partial charge >= 0.3 is 5.97 Å². The summed E-state index contributed by atoms with van der Waals surface area (Å²) in [6.45, 7) is 17.4. The minimum absolute atomic E-state index is 0.0589. The highest BCUT2D eigenvalue weighted by Crippen LogP contribution is 2.67. The van der Waals surface area contributed by atoms with Gasteiger partial charge in [0.1, 0.15) is 6.10 Å². The molecule has 4 aliphatic rings. The molecule has 48 heavy (non-hydrogen) atoms. The predicted octanol–water partition coefficient (Wildman–Crippen LogP) is 14.0. The lowest BCUT2D eigenvalue weighted by Gasteiger charge is -2.58. The van der Waals surface area contributed by atoms with Crippen molar-refractivity contribution in [3.8, 4) is 0 Å². The third kappa shape index (κ3) is 10.4. The number of hydrogen-bond donors (Lipinski definition) is 0. The van der Waals surface area contributed by atoms with E-state index in [9.17, 15) is 4.79 Å². The van der Waals surface area contributed by atoms with Gasteiger partial charge in [-0.2, -0.15) is 0 Å². The molecule has 0 radical (unpaired) electrons. The van der Waals surface area contributed by atoms with E-state index >= 15 is 0 Å². The molecular weight excluding hydrogens is 585 g/mol. The summed E-state index contributed by atoms with van der Waals surface area (Å²) in [7, 11) is 0. The number of ether oxygens (including phenoxy) is 1. The summed E-state index contributed by atoms with van der Waals surface area (Å²) in [5.41, 5.74) is 2.76. The Labute approximate surface area is 298 Å². The molecule has 4 aliphatic carbocycles. The standard InChI is InChI=1S/C46H78O2/c1-8-9-10-11-12-13-14-15-16-17-18-19-20-21-22-23-44(47)48-39-30-32-45(6)38(34-39)26-27-40-42-29-28-41(46(42,7)33-31-43(40)45)37(5)25-24-36(4)35(2)3/h12-13,15-16,27,35-39,41-43H,8-11,14,17-26,28-34H2,1-7H3. The number of carbonyl (C=O) groups excluding carboxylic acids is 1. The lowest BCUT2D eigenvalue weighted by molar-refractivity contribution is -0.155. The Balaban J connectivity index is 1.14. The van der Waals surface area contributed by atoms with Crippen LogP contribution in [0.3, 0.4) is 0 Å². The molecule has 0 bridgehead atoms. The summed E-state index contributed by atoms with van der Waals surface area (Å²) in [5.74, 6) is 5.68. The fourth-order valence-corrected chi connectivity index (χ4v) is 10.9. The van der Waals surface area contributed by atoms with Crippen LogP contribution in [0.1, 0.15) is 190 Å². The van der Waals surface area contributed by atoms with Gasteiger partial charge in [0.15, 0.2) is 0 Å². The lowest BCUT2D eigenvalue weighted by Crippen LogP contribution is -2.50. The van der Waals surface area contributed by atoms with Gasteiger partial charge in [-0.3, -0.25) is 4.79 Å². The molecule has 274 valence electrons. The molecule has 2 nitrogen and oxygen atoms in total. The third-order valence-electron chi connectivity index (χ3n) is 14.6. The molecule has 3 fully saturated rings. The number of fused-ring (bicyclic) bond motifs is 5. The van der Waals surface area contributed by atoms with E-state index in [1.54, 1.807) is 0 Å². The molecular formula is C46H78O2. The van der Waals surface area contributed by atoms with Crippen molar-refractivity contribution in [3.05, 3.63) is 36.0 Å². The van der Waals surface area contributed by atoms with Crippen molar-refractivity contribution in [2.24, 2.45) is 52.3 Å². The summed E-state index contributed by atoms with van der Waals surface area (Å²) in [4.78, 5) is 12.8. The van der Waals surface area contributed by atoms with Gasteiger partial charge in [0.25, 0.3) is 0 Å². The molecule has 0 aliphatic heterocycles. The van der Waals surface area contributed by atoms with Crippen LogP contribution in [0.25, 0.3) is 0 Å². The second kappa shape index (κ2) is 19.3. The van der Waals surface area contributed by atoms with Crippen LogP contribution in [0.4, 0.5) is 0 Å². The fraction of sp³-hybridized carbons (Fsp3) is 0.848. The second-order valence-corrected chi connectivity index (χ2v) is 18.1. The second-order valence-electron chi connectivity index (χ2n) is 18.1. The van der Waals surface area contributed by atoms with E-state index < -0.39 is 0 Å². The van der Waals surface area contributed by atoms with Gasteiger partial charge in [-0.1, -0.05) is 129 Å². The zero-order chi connectivity index (χ0) is 34.6. The van der Waals surface area contributed by atoms with Gasteiger partial charge in [0.2, 0.25) is 0 Å². The van der Waals surface area contributed by atoms with E-state index in [-0.39, 0.29) is 12.1 Å². The number of allylic oxidation sites excluding steroid dienone is 6. The van der Waals surface area contributed by atoms with Gasteiger partial charge in [-0.15, -0.1) is 0 Å². The molecule has 0 N–H and O–H groups in total. The molecule has 9 unspecified atom stereocenters. The maximum absolute atomic E-state index is 12.8. The summed E-state index contributed by atoms with van der Waals surface area (Å²) >= 11 is 0. The largest absolute Gasteiger partial charge is 0.462 e. The number of carbonyl (C=O) groups is 1. The first-order chi connectivity index (χ1) is 23.1. The Bertz CT molecular complexity index is 1050. The fourth-order valence-electron chi connectivity index (χ4n) is 10.9. The van der Waals surface area contributed by atoms with Crippen LogP contribution in [-0.4, -0.2) is 12.1 Å². The highest BCUT2D eigenvalue weighted by molar-refractivity contribution is 5.69. The smallest absolute Gasteiger partial charge is 0.306 e. The van der Waals surface area contributed by atoms with Crippen LogP contribution >= 0.6 is 0 Å². The zero-order valence-electron chi connectivity index (χ0n) is 32.9. The molecule has 2 heteroatoms. The molecule has 0 aromatic heterocycles. The van der Waals surface area contributed by atoms with E-state index in [0.717, 1.165) is 67.6 Å². The molecule has 9 atom stereocenters. The topological polar surface area (TPSA) is 26.3 Å². The van der Waals surface area contributed by atoms with Crippen molar-refractivity contribution in [1.29, 1.82) is 0 Å². The molecule has 4 rings (SSSR count). The summed E-state index contributed by atoms with van der Waals surface area (Å²) < 4.78 is 6.15. The maximum atomic E-state index is 12.8. The quantitative estimate of drug-likeness (QED) is 0.0736. The lowest BCUT2D eigenvalue weighted by atomic mass is 9.47. The van der Waals surface area contributed by atoms with E-state index in [1.165, 1.54) is 103 Å².